The van der Waals surface area contributed by atoms with Gasteiger partial charge in [-0.3, -0.25) is 9.59 Å². The minimum atomic E-state index is -0.628. The minimum absolute atomic E-state index is 0.0322. The maximum Gasteiger partial charge on any atom is 0.319 e. The number of carbonyl (C=O) groups excluding carboxylic acids is 2. The first kappa shape index (κ1) is 25.6. The van der Waals surface area contributed by atoms with Crippen molar-refractivity contribution in [3.8, 4) is 6.01 Å². The van der Waals surface area contributed by atoms with Gasteiger partial charge >= 0.3 is 6.01 Å². The monoisotopic (exact) mass is 496 g/mol. The average Bonchev–Trinajstić information content (AvgIpc) is 3.67. The van der Waals surface area contributed by atoms with Crippen molar-refractivity contribution in [1.82, 2.24) is 25.2 Å². The first-order chi connectivity index (χ1) is 17.2. The number of likely N-dealkylation sites (N-methyl/N-ethyl adjacent to an activating group) is 1. The molecule has 1 aliphatic heterocycles. The topological polar surface area (TPSA) is 153 Å². The SMILES string of the molecule is CC(CN(C)C)NC(=O)c1cc(N2CCC(c3ccc(N)c(C(N)=O)n3)CC2)nc(OCC2CC2)n1. The van der Waals surface area contributed by atoms with Crippen LogP contribution in [0.25, 0.3) is 0 Å². The highest BCUT2D eigenvalue weighted by atomic mass is 16.5. The summed E-state index contributed by atoms with van der Waals surface area (Å²) >= 11 is 0. The van der Waals surface area contributed by atoms with E-state index >= 15 is 0 Å². The third kappa shape index (κ3) is 6.60. The molecular formula is C25H36N8O3. The van der Waals surface area contributed by atoms with Gasteiger partial charge in [-0.2, -0.15) is 9.97 Å². The maximum atomic E-state index is 13.0. The fourth-order valence-electron chi connectivity index (χ4n) is 4.44. The first-order valence-corrected chi connectivity index (χ1v) is 12.5. The highest BCUT2D eigenvalue weighted by Crippen LogP contribution is 2.32. The van der Waals surface area contributed by atoms with Crippen LogP contribution in [0.5, 0.6) is 6.01 Å². The molecule has 2 fully saturated rings. The number of rotatable bonds is 10. The highest BCUT2D eigenvalue weighted by molar-refractivity contribution is 5.95. The standard InChI is InChI=1S/C25H36N8O3/c1-15(13-32(2)3)28-24(35)20-12-21(31-25(30-20)36-14-16-4-5-16)33-10-8-17(9-11-33)19-7-6-18(26)22(29-19)23(27)34/h6-7,12,15-17H,4-5,8-11,13-14,26H2,1-3H3,(H2,27,34)(H,28,35). The van der Waals surface area contributed by atoms with Crippen LogP contribution in [0.15, 0.2) is 18.2 Å². The summed E-state index contributed by atoms with van der Waals surface area (Å²) in [5.74, 6) is 0.509. The van der Waals surface area contributed by atoms with Crippen LogP contribution in [0.2, 0.25) is 0 Å². The number of amides is 2. The fourth-order valence-corrected chi connectivity index (χ4v) is 4.44. The lowest BCUT2D eigenvalue weighted by Gasteiger charge is -2.33. The van der Waals surface area contributed by atoms with Gasteiger partial charge < -0.3 is 31.3 Å². The van der Waals surface area contributed by atoms with E-state index in [1.165, 1.54) is 0 Å². The molecule has 1 saturated carbocycles. The Labute approximate surface area is 211 Å². The molecule has 1 aliphatic carbocycles. The third-order valence-corrected chi connectivity index (χ3v) is 6.50. The van der Waals surface area contributed by atoms with Gasteiger partial charge in [-0.25, -0.2) is 4.98 Å². The van der Waals surface area contributed by atoms with Gasteiger partial charge in [0.1, 0.15) is 11.5 Å². The fraction of sp³-hybridized carbons (Fsp3) is 0.560. The summed E-state index contributed by atoms with van der Waals surface area (Å²) in [6.45, 7) is 4.66. The summed E-state index contributed by atoms with van der Waals surface area (Å²) in [4.78, 5) is 42.2. The summed E-state index contributed by atoms with van der Waals surface area (Å²) in [5, 5.41) is 3.01. The second kappa shape index (κ2) is 11.1. The highest BCUT2D eigenvalue weighted by Gasteiger charge is 2.27. The Balaban J connectivity index is 1.48. The van der Waals surface area contributed by atoms with Crippen LogP contribution >= 0.6 is 0 Å². The van der Waals surface area contributed by atoms with E-state index in [1.54, 1.807) is 12.1 Å². The summed E-state index contributed by atoms with van der Waals surface area (Å²) < 4.78 is 5.86. The number of nitrogens with two attached hydrogens (primary N) is 2. The summed E-state index contributed by atoms with van der Waals surface area (Å²) in [6, 6.07) is 5.47. The van der Waals surface area contributed by atoms with E-state index in [-0.39, 0.29) is 35.3 Å². The maximum absolute atomic E-state index is 13.0. The molecule has 3 heterocycles. The van der Waals surface area contributed by atoms with Gasteiger partial charge in [-0.1, -0.05) is 0 Å². The van der Waals surface area contributed by atoms with Crippen LogP contribution in [-0.4, -0.2) is 78.0 Å². The molecule has 1 saturated heterocycles. The van der Waals surface area contributed by atoms with Gasteiger partial charge in [-0.05, 0) is 64.8 Å². The van der Waals surface area contributed by atoms with Crippen LogP contribution < -0.4 is 26.4 Å². The number of carbonyl (C=O) groups is 2. The number of aromatic nitrogens is 3. The molecule has 2 aromatic rings. The molecule has 4 rings (SSSR count). The number of hydrogen-bond acceptors (Lipinski definition) is 9. The number of hydrogen-bond donors (Lipinski definition) is 3. The molecule has 0 spiro atoms. The Bertz CT molecular complexity index is 1100. The molecule has 11 nitrogen and oxygen atoms in total. The molecule has 0 bridgehead atoms. The number of piperidine rings is 1. The van der Waals surface area contributed by atoms with E-state index in [0.29, 0.717) is 37.1 Å². The number of primary amides is 1. The second-order valence-electron chi connectivity index (χ2n) is 10.1. The van der Waals surface area contributed by atoms with Gasteiger partial charge in [0.2, 0.25) is 0 Å². The minimum Gasteiger partial charge on any atom is -0.463 e. The Morgan fingerprint density at radius 1 is 1.17 bits per heavy atom. The van der Waals surface area contributed by atoms with Crippen molar-refractivity contribution in [2.75, 3.05) is 51.0 Å². The number of nitrogen functional groups attached to an aromatic ring is 1. The quantitative estimate of drug-likeness (QED) is 0.443. The Kier molecular flexibility index (Phi) is 7.88. The van der Waals surface area contributed by atoms with Crippen LogP contribution in [0, 0.1) is 5.92 Å². The Morgan fingerprint density at radius 3 is 2.53 bits per heavy atom. The van der Waals surface area contributed by atoms with Gasteiger partial charge in [0.15, 0.2) is 5.69 Å². The molecule has 2 aliphatic rings. The molecule has 5 N–H and O–H groups in total. The third-order valence-electron chi connectivity index (χ3n) is 6.50. The van der Waals surface area contributed by atoms with Crippen molar-refractivity contribution >= 4 is 23.3 Å². The molecule has 11 heteroatoms. The first-order valence-electron chi connectivity index (χ1n) is 12.5. The zero-order chi connectivity index (χ0) is 25.8. The molecule has 0 aromatic carbocycles. The number of nitrogens with one attached hydrogen (secondary N) is 1. The lowest BCUT2D eigenvalue weighted by atomic mass is 9.92. The lowest BCUT2D eigenvalue weighted by molar-refractivity contribution is 0.0926. The van der Waals surface area contributed by atoms with Crippen molar-refractivity contribution in [3.05, 3.63) is 35.3 Å². The van der Waals surface area contributed by atoms with E-state index in [1.807, 2.05) is 32.0 Å². The lowest BCUT2D eigenvalue weighted by Crippen LogP contribution is -2.40. The smallest absolute Gasteiger partial charge is 0.319 e. The second-order valence-corrected chi connectivity index (χ2v) is 10.1. The van der Waals surface area contributed by atoms with Gasteiger partial charge in [-0.15, -0.1) is 0 Å². The van der Waals surface area contributed by atoms with Crippen LogP contribution in [0.3, 0.4) is 0 Å². The Morgan fingerprint density at radius 2 is 1.89 bits per heavy atom. The summed E-state index contributed by atoms with van der Waals surface area (Å²) in [7, 11) is 3.93. The van der Waals surface area contributed by atoms with Crippen molar-refractivity contribution in [2.24, 2.45) is 11.7 Å². The van der Waals surface area contributed by atoms with Crippen LogP contribution in [0.4, 0.5) is 11.5 Å². The molecule has 0 radical (unpaired) electrons. The van der Waals surface area contributed by atoms with Crippen LogP contribution in [0.1, 0.15) is 65.2 Å². The van der Waals surface area contributed by atoms with Gasteiger partial charge in [0.25, 0.3) is 11.8 Å². The largest absolute Gasteiger partial charge is 0.463 e. The van der Waals surface area contributed by atoms with Crippen LogP contribution in [-0.2, 0) is 0 Å². The zero-order valence-corrected chi connectivity index (χ0v) is 21.2. The zero-order valence-electron chi connectivity index (χ0n) is 21.2. The van der Waals surface area contributed by atoms with E-state index < -0.39 is 5.91 Å². The number of anilines is 2. The molecule has 194 valence electrons. The van der Waals surface area contributed by atoms with E-state index in [2.05, 4.69) is 25.2 Å². The molecule has 2 aromatic heterocycles. The van der Waals surface area contributed by atoms with Crippen molar-refractivity contribution in [1.29, 1.82) is 0 Å². The van der Waals surface area contributed by atoms with Crippen molar-refractivity contribution in [2.45, 2.75) is 44.6 Å². The Hall–Kier alpha value is -3.47. The predicted octanol–water partition coefficient (Wildman–Crippen LogP) is 1.41. The molecule has 1 unspecified atom stereocenters. The predicted molar refractivity (Wildman–Crippen MR) is 137 cm³/mol. The molecule has 2 amide bonds. The van der Waals surface area contributed by atoms with Crippen molar-refractivity contribution in [3.63, 3.8) is 0 Å². The number of ether oxygens (including phenoxy) is 1. The van der Waals surface area contributed by atoms with Crippen molar-refractivity contribution < 1.29 is 14.3 Å². The van der Waals surface area contributed by atoms with Gasteiger partial charge in [0, 0.05) is 43.4 Å². The summed E-state index contributed by atoms with van der Waals surface area (Å²) in [6.07, 6.45) is 3.91. The number of pyridine rings is 1. The average molecular weight is 497 g/mol. The number of nitrogens with zero attached hydrogens (tertiary/aromatic N) is 5. The summed E-state index contributed by atoms with van der Waals surface area (Å²) in [5.41, 5.74) is 12.8. The van der Waals surface area contributed by atoms with E-state index in [0.717, 1.165) is 37.9 Å². The molecule has 1 atom stereocenters. The molecule has 36 heavy (non-hydrogen) atoms. The van der Waals surface area contributed by atoms with Gasteiger partial charge in [0.05, 0.1) is 12.3 Å². The molecular weight excluding hydrogens is 460 g/mol. The van der Waals surface area contributed by atoms with E-state index in [9.17, 15) is 9.59 Å². The van der Waals surface area contributed by atoms with E-state index in [4.69, 9.17) is 16.2 Å². The normalized spacial score (nSPS) is 17.2.